The van der Waals surface area contributed by atoms with Gasteiger partial charge in [0.15, 0.2) is 0 Å². The molecular weight excluding hydrogens is 286 g/mol. The van der Waals surface area contributed by atoms with Gasteiger partial charge in [0.05, 0.1) is 16.6 Å². The Labute approximate surface area is 130 Å². The predicted molar refractivity (Wildman–Crippen MR) is 83.6 cm³/mol. The molecule has 0 bridgehead atoms. The number of aromatic nitrogens is 1. The van der Waals surface area contributed by atoms with E-state index in [1.54, 1.807) is 0 Å². The molecule has 1 aliphatic rings. The lowest BCUT2D eigenvalue weighted by atomic mass is 9.84. The van der Waals surface area contributed by atoms with Gasteiger partial charge < -0.3 is 8.94 Å². The number of aryl methyl sites for hydroxylation is 3. The summed E-state index contributed by atoms with van der Waals surface area (Å²) in [6.45, 7) is 5.84. The van der Waals surface area contributed by atoms with Gasteiger partial charge in [-0.15, -0.1) is 11.6 Å². The second kappa shape index (κ2) is 5.88. The molecule has 1 saturated carbocycles. The number of alkyl halides is 1. The maximum Gasteiger partial charge on any atom is 0.144 e. The molecule has 3 nitrogen and oxygen atoms in total. The standard InChI is InChI=1S/C17H22ClNO2/c1-10-16(12(3)21-19-10)15-9-14(11(2)20-15)17(18)13-7-5-4-6-8-13/h9,13,17H,4-8H2,1-3H3. The molecule has 114 valence electrons. The van der Waals surface area contributed by atoms with Crippen LogP contribution in [0.25, 0.3) is 11.3 Å². The van der Waals surface area contributed by atoms with Crippen molar-refractivity contribution in [2.45, 2.75) is 58.3 Å². The topological polar surface area (TPSA) is 39.2 Å². The summed E-state index contributed by atoms with van der Waals surface area (Å²) in [6.07, 6.45) is 6.37. The van der Waals surface area contributed by atoms with Crippen molar-refractivity contribution in [3.63, 3.8) is 0 Å². The smallest absolute Gasteiger partial charge is 0.144 e. The number of halogens is 1. The van der Waals surface area contributed by atoms with Gasteiger partial charge in [0.25, 0.3) is 0 Å². The third kappa shape index (κ3) is 2.76. The average Bonchev–Trinajstić information content (AvgIpc) is 3.02. The van der Waals surface area contributed by atoms with Crippen LogP contribution in [0.3, 0.4) is 0 Å². The van der Waals surface area contributed by atoms with Gasteiger partial charge in [0.1, 0.15) is 17.3 Å². The Bertz CT molecular complexity index is 603. The maximum absolute atomic E-state index is 6.75. The van der Waals surface area contributed by atoms with Gasteiger partial charge in [-0.25, -0.2) is 0 Å². The lowest BCUT2D eigenvalue weighted by molar-refractivity contribution is 0.346. The van der Waals surface area contributed by atoms with Crippen LogP contribution in [0.15, 0.2) is 15.0 Å². The van der Waals surface area contributed by atoms with Gasteiger partial charge in [-0.1, -0.05) is 24.4 Å². The van der Waals surface area contributed by atoms with Crippen molar-refractivity contribution < 1.29 is 8.94 Å². The lowest BCUT2D eigenvalue weighted by Gasteiger charge is -2.25. The fraction of sp³-hybridized carbons (Fsp3) is 0.588. The first-order chi connectivity index (χ1) is 10.1. The van der Waals surface area contributed by atoms with Crippen LogP contribution in [-0.2, 0) is 0 Å². The van der Waals surface area contributed by atoms with Crippen LogP contribution < -0.4 is 0 Å². The quantitative estimate of drug-likeness (QED) is 0.681. The molecule has 4 heteroatoms. The van der Waals surface area contributed by atoms with Crippen LogP contribution in [0, 0.1) is 26.7 Å². The Balaban J connectivity index is 1.91. The third-order valence-electron chi connectivity index (χ3n) is 4.60. The van der Waals surface area contributed by atoms with Crippen LogP contribution in [0.4, 0.5) is 0 Å². The molecule has 0 aromatic carbocycles. The Morgan fingerprint density at radius 3 is 2.48 bits per heavy atom. The Hall–Kier alpha value is -1.22. The highest BCUT2D eigenvalue weighted by atomic mass is 35.5. The highest BCUT2D eigenvalue weighted by molar-refractivity contribution is 6.21. The summed E-state index contributed by atoms with van der Waals surface area (Å²) in [5.41, 5.74) is 2.94. The Morgan fingerprint density at radius 1 is 1.14 bits per heavy atom. The SMILES string of the molecule is Cc1noc(C)c1-c1cc(C(Cl)C2CCCCC2)c(C)o1. The first-order valence-corrected chi connectivity index (χ1v) is 8.19. The highest BCUT2D eigenvalue weighted by Crippen LogP contribution is 2.42. The summed E-state index contributed by atoms with van der Waals surface area (Å²) in [5.74, 6) is 3.08. The van der Waals surface area contributed by atoms with Crippen molar-refractivity contribution in [2.24, 2.45) is 5.92 Å². The van der Waals surface area contributed by atoms with Crippen molar-refractivity contribution in [1.82, 2.24) is 5.16 Å². The fourth-order valence-corrected chi connectivity index (χ4v) is 3.88. The summed E-state index contributed by atoms with van der Waals surface area (Å²) in [5, 5.41) is 4.04. The van der Waals surface area contributed by atoms with Crippen molar-refractivity contribution in [3.8, 4) is 11.3 Å². The number of furan rings is 1. The molecule has 0 spiro atoms. The van der Waals surface area contributed by atoms with Gasteiger partial charge in [-0.05, 0) is 45.6 Å². The van der Waals surface area contributed by atoms with Crippen LogP contribution in [0.5, 0.6) is 0 Å². The van der Waals surface area contributed by atoms with Gasteiger partial charge >= 0.3 is 0 Å². The largest absolute Gasteiger partial charge is 0.461 e. The van der Waals surface area contributed by atoms with Crippen LogP contribution in [-0.4, -0.2) is 5.16 Å². The van der Waals surface area contributed by atoms with Crippen LogP contribution in [0.1, 0.15) is 60.3 Å². The van der Waals surface area contributed by atoms with Crippen LogP contribution in [0.2, 0.25) is 0 Å². The monoisotopic (exact) mass is 307 g/mol. The van der Waals surface area contributed by atoms with Gasteiger partial charge in [-0.2, -0.15) is 0 Å². The summed E-state index contributed by atoms with van der Waals surface area (Å²) < 4.78 is 11.2. The zero-order valence-corrected chi connectivity index (χ0v) is 13.7. The molecule has 0 aliphatic heterocycles. The molecule has 2 aromatic rings. The Kier molecular flexibility index (Phi) is 4.12. The second-order valence-corrected chi connectivity index (χ2v) is 6.59. The molecule has 0 saturated heterocycles. The van der Waals surface area contributed by atoms with E-state index in [-0.39, 0.29) is 5.38 Å². The molecule has 1 fully saturated rings. The number of hydrogen-bond acceptors (Lipinski definition) is 3. The zero-order chi connectivity index (χ0) is 15.0. The minimum atomic E-state index is 0.0447. The average molecular weight is 308 g/mol. The maximum atomic E-state index is 6.75. The third-order valence-corrected chi connectivity index (χ3v) is 5.19. The van der Waals surface area contributed by atoms with E-state index in [0.717, 1.165) is 34.1 Å². The normalized spacial score (nSPS) is 18.1. The summed E-state index contributed by atoms with van der Waals surface area (Å²) in [7, 11) is 0. The molecule has 2 aromatic heterocycles. The molecule has 0 amide bonds. The molecule has 3 rings (SSSR count). The highest BCUT2D eigenvalue weighted by Gasteiger charge is 2.27. The van der Waals surface area contributed by atoms with E-state index >= 15 is 0 Å². The molecular formula is C17H22ClNO2. The number of nitrogens with zero attached hydrogens (tertiary/aromatic N) is 1. The zero-order valence-electron chi connectivity index (χ0n) is 12.9. The molecule has 2 heterocycles. The molecule has 1 atom stereocenters. The first-order valence-electron chi connectivity index (χ1n) is 7.75. The van der Waals surface area contributed by atoms with E-state index in [2.05, 4.69) is 11.2 Å². The molecule has 0 N–H and O–H groups in total. The summed E-state index contributed by atoms with van der Waals surface area (Å²) >= 11 is 6.75. The van der Waals surface area contributed by atoms with E-state index in [0.29, 0.717) is 5.92 Å². The second-order valence-electron chi connectivity index (χ2n) is 6.12. The van der Waals surface area contributed by atoms with E-state index in [1.807, 2.05) is 20.8 Å². The number of rotatable bonds is 3. The molecule has 1 unspecified atom stereocenters. The van der Waals surface area contributed by atoms with E-state index < -0.39 is 0 Å². The van der Waals surface area contributed by atoms with Gasteiger partial charge in [0.2, 0.25) is 0 Å². The minimum absolute atomic E-state index is 0.0447. The number of hydrogen-bond donors (Lipinski definition) is 0. The van der Waals surface area contributed by atoms with Gasteiger partial charge in [-0.3, -0.25) is 0 Å². The molecule has 1 aliphatic carbocycles. The summed E-state index contributed by atoms with van der Waals surface area (Å²) in [6, 6.07) is 2.08. The van der Waals surface area contributed by atoms with Crippen molar-refractivity contribution in [2.75, 3.05) is 0 Å². The fourth-order valence-electron chi connectivity index (χ4n) is 3.41. The Morgan fingerprint density at radius 2 is 1.86 bits per heavy atom. The van der Waals surface area contributed by atoms with Gasteiger partial charge in [0, 0.05) is 5.56 Å². The predicted octanol–water partition coefficient (Wildman–Crippen LogP) is 5.72. The minimum Gasteiger partial charge on any atom is -0.461 e. The van der Waals surface area contributed by atoms with Crippen molar-refractivity contribution >= 4 is 11.6 Å². The van der Waals surface area contributed by atoms with Crippen molar-refractivity contribution in [3.05, 3.63) is 28.8 Å². The van der Waals surface area contributed by atoms with Crippen molar-refractivity contribution in [1.29, 1.82) is 0 Å². The van der Waals surface area contributed by atoms with E-state index in [1.165, 1.54) is 32.1 Å². The first kappa shape index (κ1) is 14.7. The van der Waals surface area contributed by atoms with Crippen LogP contribution >= 0.6 is 11.6 Å². The van der Waals surface area contributed by atoms with E-state index in [9.17, 15) is 0 Å². The molecule has 0 radical (unpaired) electrons. The summed E-state index contributed by atoms with van der Waals surface area (Å²) in [4.78, 5) is 0. The molecule has 21 heavy (non-hydrogen) atoms. The van der Waals surface area contributed by atoms with E-state index in [4.69, 9.17) is 20.5 Å². The lowest BCUT2D eigenvalue weighted by Crippen LogP contribution is -2.12.